The van der Waals surface area contributed by atoms with Crippen LogP contribution in [0.3, 0.4) is 0 Å². The lowest BCUT2D eigenvalue weighted by atomic mass is 10.1. The fourth-order valence-electron chi connectivity index (χ4n) is 7.34. The van der Waals surface area contributed by atoms with Crippen molar-refractivity contribution in [3.05, 3.63) is 122 Å². The second-order valence-corrected chi connectivity index (χ2v) is 18.3. The second-order valence-electron chi connectivity index (χ2n) is 18.3. The minimum atomic E-state index is -0.810. The van der Waals surface area contributed by atoms with E-state index in [9.17, 15) is 14.4 Å². The molecule has 1 atom stereocenters. The lowest BCUT2D eigenvalue weighted by molar-refractivity contribution is -0.167. The van der Waals surface area contributed by atoms with Gasteiger partial charge in [0.15, 0.2) is 6.10 Å². The van der Waals surface area contributed by atoms with Gasteiger partial charge in [-0.25, -0.2) is 0 Å². The zero-order chi connectivity index (χ0) is 50.0. The van der Waals surface area contributed by atoms with Crippen molar-refractivity contribution in [2.45, 2.75) is 245 Å². The first-order chi connectivity index (χ1) is 34.0. The fourth-order valence-corrected chi connectivity index (χ4v) is 7.34. The molecule has 6 heteroatoms. The van der Waals surface area contributed by atoms with Crippen molar-refractivity contribution in [1.82, 2.24) is 0 Å². The molecule has 0 bridgehead atoms. The number of ether oxygens (including phenoxy) is 3. The Balaban J connectivity index is 4.54. The molecule has 0 aromatic rings. The monoisotopic (exact) mass is 955 g/mol. The number of hydrogen-bond donors (Lipinski definition) is 0. The van der Waals surface area contributed by atoms with Crippen molar-refractivity contribution in [1.29, 1.82) is 0 Å². The summed E-state index contributed by atoms with van der Waals surface area (Å²) < 4.78 is 16.8. The van der Waals surface area contributed by atoms with Crippen LogP contribution in [0.5, 0.6) is 0 Å². The van der Waals surface area contributed by atoms with Crippen molar-refractivity contribution in [3.8, 4) is 0 Å². The Morgan fingerprint density at radius 3 is 0.826 bits per heavy atom. The zero-order valence-electron chi connectivity index (χ0n) is 44.5. The third-order valence-corrected chi connectivity index (χ3v) is 11.6. The summed E-state index contributed by atoms with van der Waals surface area (Å²) in [6.45, 7) is 6.48. The van der Waals surface area contributed by atoms with Gasteiger partial charge in [-0.15, -0.1) is 0 Å². The van der Waals surface area contributed by atoms with E-state index in [0.717, 1.165) is 122 Å². The van der Waals surface area contributed by atoms with Gasteiger partial charge in [0.25, 0.3) is 0 Å². The Hall–Kier alpha value is -4.19. The number of allylic oxidation sites excluding steroid dienone is 20. The van der Waals surface area contributed by atoms with Crippen molar-refractivity contribution >= 4 is 17.9 Å². The zero-order valence-corrected chi connectivity index (χ0v) is 44.5. The molecule has 0 heterocycles. The number of carbonyl (C=O) groups excluding carboxylic acids is 3. The average Bonchev–Trinajstić information content (AvgIpc) is 3.35. The molecule has 0 aliphatic rings. The van der Waals surface area contributed by atoms with Crippen LogP contribution in [-0.2, 0) is 28.6 Å². The van der Waals surface area contributed by atoms with E-state index in [4.69, 9.17) is 14.2 Å². The van der Waals surface area contributed by atoms with Crippen molar-refractivity contribution < 1.29 is 28.6 Å². The van der Waals surface area contributed by atoms with Gasteiger partial charge in [0.2, 0.25) is 0 Å². The smallest absolute Gasteiger partial charge is 0.306 e. The van der Waals surface area contributed by atoms with Gasteiger partial charge in [-0.3, -0.25) is 14.4 Å². The van der Waals surface area contributed by atoms with Gasteiger partial charge < -0.3 is 14.2 Å². The van der Waals surface area contributed by atoms with Crippen LogP contribution in [0.2, 0.25) is 0 Å². The lowest BCUT2D eigenvalue weighted by Gasteiger charge is -2.18. The van der Waals surface area contributed by atoms with Gasteiger partial charge in [0, 0.05) is 19.3 Å². The van der Waals surface area contributed by atoms with E-state index in [-0.39, 0.29) is 37.5 Å². The average molecular weight is 956 g/mol. The summed E-state index contributed by atoms with van der Waals surface area (Å²) in [6.07, 6.45) is 77.4. The molecule has 0 N–H and O–H groups in total. The maximum Gasteiger partial charge on any atom is 0.306 e. The molecule has 0 aromatic carbocycles. The second kappa shape index (κ2) is 56.4. The molecule has 390 valence electrons. The van der Waals surface area contributed by atoms with Crippen molar-refractivity contribution in [2.24, 2.45) is 0 Å². The maximum absolute atomic E-state index is 12.9. The normalized spacial score (nSPS) is 13.0. The van der Waals surface area contributed by atoms with Crippen LogP contribution in [0.25, 0.3) is 0 Å². The van der Waals surface area contributed by atoms with Gasteiger partial charge in [-0.1, -0.05) is 245 Å². The summed E-state index contributed by atoms with van der Waals surface area (Å²) in [5.74, 6) is -0.965. The molecular weight excluding hydrogens is 853 g/mol. The summed E-state index contributed by atoms with van der Waals surface area (Å²) in [4.78, 5) is 38.1. The fraction of sp³-hybridized carbons (Fsp3) is 0.635. The Bertz CT molecular complexity index is 1470. The van der Waals surface area contributed by atoms with E-state index in [1.807, 2.05) is 0 Å². The Labute approximate surface area is 424 Å². The Morgan fingerprint density at radius 2 is 0.522 bits per heavy atom. The van der Waals surface area contributed by atoms with Crippen LogP contribution in [-0.4, -0.2) is 37.2 Å². The highest BCUT2D eigenvalue weighted by Crippen LogP contribution is 2.13. The molecule has 0 saturated carbocycles. The van der Waals surface area contributed by atoms with Crippen LogP contribution < -0.4 is 0 Å². The minimum Gasteiger partial charge on any atom is -0.462 e. The topological polar surface area (TPSA) is 78.9 Å². The van der Waals surface area contributed by atoms with Crippen LogP contribution in [0, 0.1) is 0 Å². The molecule has 0 amide bonds. The van der Waals surface area contributed by atoms with Gasteiger partial charge in [-0.2, -0.15) is 0 Å². The number of esters is 3. The van der Waals surface area contributed by atoms with Crippen molar-refractivity contribution in [2.75, 3.05) is 13.2 Å². The first-order valence-corrected chi connectivity index (χ1v) is 28.2. The standard InChI is InChI=1S/C63H102O6/c1-4-7-10-13-16-19-22-25-28-30-32-35-38-41-44-47-50-53-56-62(65)68-59-60(58-67-61(64)55-52-49-46-43-40-37-34-27-24-21-18-15-12-9-6-3)69-63(66)57-54-51-48-45-42-39-36-33-31-29-26-23-20-17-14-11-8-5-2/h16-33,35-36,60H,4-15,34,37-59H2,1-3H3/b19-16-,20-17-,21-18-,25-22-,26-23-,27-24-,30-28-,31-29-,35-32-,36-33-. The molecule has 1 unspecified atom stereocenters. The highest BCUT2D eigenvalue weighted by molar-refractivity contribution is 5.71. The molecule has 0 aliphatic carbocycles. The number of carbonyl (C=O) groups is 3. The van der Waals surface area contributed by atoms with E-state index in [0.29, 0.717) is 12.8 Å². The molecule has 69 heavy (non-hydrogen) atoms. The van der Waals surface area contributed by atoms with Gasteiger partial charge in [-0.05, 0) is 96.3 Å². The minimum absolute atomic E-state index is 0.105. The molecule has 0 rings (SSSR count). The third kappa shape index (κ3) is 54.6. The van der Waals surface area contributed by atoms with Crippen LogP contribution in [0.4, 0.5) is 0 Å². The van der Waals surface area contributed by atoms with Gasteiger partial charge >= 0.3 is 17.9 Å². The summed E-state index contributed by atoms with van der Waals surface area (Å²) in [7, 11) is 0. The highest BCUT2D eigenvalue weighted by atomic mass is 16.6. The molecular formula is C63H102O6. The molecule has 0 saturated heterocycles. The number of rotatable bonds is 49. The Kier molecular flexibility index (Phi) is 53.0. The van der Waals surface area contributed by atoms with E-state index in [1.54, 1.807) is 0 Å². The van der Waals surface area contributed by atoms with Crippen LogP contribution in [0.15, 0.2) is 122 Å². The summed E-state index contributed by atoms with van der Waals surface area (Å²) in [5, 5.41) is 0. The summed E-state index contributed by atoms with van der Waals surface area (Å²) >= 11 is 0. The number of unbranched alkanes of at least 4 members (excludes halogenated alkanes) is 25. The van der Waals surface area contributed by atoms with Gasteiger partial charge in [0.1, 0.15) is 13.2 Å². The van der Waals surface area contributed by atoms with Crippen LogP contribution in [0.1, 0.15) is 239 Å². The predicted octanol–water partition coefficient (Wildman–Crippen LogP) is 18.9. The maximum atomic E-state index is 12.9. The molecule has 0 spiro atoms. The largest absolute Gasteiger partial charge is 0.462 e. The molecule has 0 fully saturated rings. The quantitative estimate of drug-likeness (QED) is 0.0262. The summed E-state index contributed by atoms with van der Waals surface area (Å²) in [5.41, 5.74) is 0. The molecule has 0 radical (unpaired) electrons. The SMILES string of the molecule is CCCCC\C=C/C=C\C=C/C=C\CCCCCCCC(=O)OCC(COC(=O)CCCCCCCC/C=C\C=C/CCCCC)OC(=O)CCCCCCC\C=C/C=C\C=C/C=C\CCCCC. The van der Waals surface area contributed by atoms with E-state index in [2.05, 4.69) is 142 Å². The van der Waals surface area contributed by atoms with E-state index >= 15 is 0 Å². The van der Waals surface area contributed by atoms with Crippen LogP contribution >= 0.6 is 0 Å². The Morgan fingerprint density at radius 1 is 0.290 bits per heavy atom. The summed E-state index contributed by atoms with van der Waals surface area (Å²) in [6, 6.07) is 0. The molecule has 0 aromatic heterocycles. The third-order valence-electron chi connectivity index (χ3n) is 11.6. The predicted molar refractivity (Wildman–Crippen MR) is 297 cm³/mol. The molecule has 6 nitrogen and oxygen atoms in total. The first-order valence-electron chi connectivity index (χ1n) is 28.2. The van der Waals surface area contributed by atoms with Gasteiger partial charge in [0.05, 0.1) is 0 Å². The first kappa shape index (κ1) is 64.8. The van der Waals surface area contributed by atoms with E-state index in [1.165, 1.54) is 77.0 Å². The lowest BCUT2D eigenvalue weighted by Crippen LogP contribution is -2.30. The highest BCUT2D eigenvalue weighted by Gasteiger charge is 2.19. The number of hydrogen-bond acceptors (Lipinski definition) is 6. The van der Waals surface area contributed by atoms with Crippen molar-refractivity contribution in [3.63, 3.8) is 0 Å². The molecule has 0 aliphatic heterocycles. The van der Waals surface area contributed by atoms with E-state index < -0.39 is 6.10 Å².